The lowest BCUT2D eigenvalue weighted by Gasteiger charge is -2.07. The van der Waals surface area contributed by atoms with Crippen molar-refractivity contribution in [3.8, 4) is 5.75 Å². The van der Waals surface area contributed by atoms with E-state index in [-0.39, 0.29) is 0 Å². The topological polar surface area (TPSA) is 52.3 Å². The van der Waals surface area contributed by atoms with E-state index in [1.165, 1.54) is 0 Å². The largest absolute Gasteiger partial charge is 0.495 e. The van der Waals surface area contributed by atoms with Crippen LogP contribution in [0.5, 0.6) is 5.75 Å². The highest BCUT2D eigenvalue weighted by Gasteiger charge is 2.08. The molecule has 4 heteroatoms. The predicted molar refractivity (Wildman–Crippen MR) is 54.4 cm³/mol. The fourth-order valence-corrected chi connectivity index (χ4v) is 1.93. The zero-order valence-corrected chi connectivity index (χ0v) is 8.56. The summed E-state index contributed by atoms with van der Waals surface area (Å²) in [5, 5.41) is 0. The molecule has 2 N–H and O–H groups in total. The van der Waals surface area contributed by atoms with Crippen molar-refractivity contribution in [3.63, 3.8) is 0 Å². The number of hydrogen-bond donors (Lipinski definition) is 1. The van der Waals surface area contributed by atoms with Gasteiger partial charge < -0.3 is 10.5 Å². The Bertz CT molecular complexity index is 325. The van der Waals surface area contributed by atoms with Crippen molar-refractivity contribution >= 4 is 16.5 Å². The summed E-state index contributed by atoms with van der Waals surface area (Å²) in [6.07, 6.45) is 0. The van der Waals surface area contributed by atoms with Crippen LogP contribution in [0, 0.1) is 0 Å². The second-order valence-corrected chi connectivity index (χ2v) is 4.25. The zero-order valence-electron chi connectivity index (χ0n) is 7.74. The average molecular weight is 199 g/mol. The van der Waals surface area contributed by atoms with Crippen LogP contribution in [0.2, 0.25) is 0 Å². The van der Waals surface area contributed by atoms with Crippen LogP contribution < -0.4 is 10.5 Å². The van der Waals surface area contributed by atoms with E-state index < -0.39 is 10.8 Å². The molecule has 1 aromatic carbocycles. The van der Waals surface area contributed by atoms with E-state index in [4.69, 9.17) is 10.5 Å². The predicted octanol–water partition coefficient (Wildman–Crippen LogP) is 1.40. The van der Waals surface area contributed by atoms with Gasteiger partial charge in [0.25, 0.3) is 0 Å². The number of benzene rings is 1. The van der Waals surface area contributed by atoms with E-state index in [9.17, 15) is 4.21 Å². The first-order chi connectivity index (χ1) is 6.19. The molecule has 0 bridgehead atoms. The summed E-state index contributed by atoms with van der Waals surface area (Å²) in [4.78, 5) is 0.708. The summed E-state index contributed by atoms with van der Waals surface area (Å²) in [6.45, 7) is 1.87. The number of hydrogen-bond acceptors (Lipinski definition) is 3. The Morgan fingerprint density at radius 2 is 2.23 bits per heavy atom. The molecule has 13 heavy (non-hydrogen) atoms. The average Bonchev–Trinajstić information content (AvgIpc) is 2.16. The van der Waals surface area contributed by atoms with Crippen molar-refractivity contribution in [1.29, 1.82) is 0 Å². The molecule has 0 saturated carbocycles. The molecule has 0 aliphatic rings. The van der Waals surface area contributed by atoms with Crippen molar-refractivity contribution in [2.24, 2.45) is 0 Å². The van der Waals surface area contributed by atoms with Gasteiger partial charge in [-0.2, -0.15) is 0 Å². The SMILES string of the molecule is CCS(=O)c1ccc(N)cc1OC. The number of ether oxygens (including phenoxy) is 1. The van der Waals surface area contributed by atoms with Gasteiger partial charge in [-0.1, -0.05) is 6.92 Å². The third kappa shape index (κ3) is 2.21. The highest BCUT2D eigenvalue weighted by atomic mass is 32.2. The number of rotatable bonds is 3. The van der Waals surface area contributed by atoms with Crippen LogP contribution in [0.15, 0.2) is 23.1 Å². The smallest absolute Gasteiger partial charge is 0.137 e. The van der Waals surface area contributed by atoms with Gasteiger partial charge in [0.2, 0.25) is 0 Å². The Hall–Kier alpha value is -1.03. The standard InChI is InChI=1S/C9H13NO2S/c1-3-13(11)9-5-4-7(10)6-8(9)12-2/h4-6H,3,10H2,1-2H3. The Morgan fingerprint density at radius 3 is 2.77 bits per heavy atom. The summed E-state index contributed by atoms with van der Waals surface area (Å²) in [6, 6.07) is 5.15. The maximum absolute atomic E-state index is 11.5. The van der Waals surface area contributed by atoms with Crippen LogP contribution >= 0.6 is 0 Å². The first-order valence-corrected chi connectivity index (χ1v) is 5.32. The van der Waals surface area contributed by atoms with Crippen LogP contribution in [0.3, 0.4) is 0 Å². The third-order valence-corrected chi connectivity index (χ3v) is 3.05. The van der Waals surface area contributed by atoms with Crippen molar-refractivity contribution in [3.05, 3.63) is 18.2 Å². The summed E-state index contributed by atoms with van der Waals surface area (Å²) in [7, 11) is 0.556. The maximum atomic E-state index is 11.5. The molecule has 1 atom stereocenters. The second-order valence-electron chi connectivity index (χ2n) is 2.54. The molecule has 0 spiro atoms. The molecule has 3 nitrogen and oxygen atoms in total. The van der Waals surface area contributed by atoms with Gasteiger partial charge in [-0.15, -0.1) is 0 Å². The molecule has 0 radical (unpaired) electrons. The molecule has 1 unspecified atom stereocenters. The molecule has 1 aromatic rings. The molecular formula is C9H13NO2S. The van der Waals surface area contributed by atoms with Gasteiger partial charge in [-0.25, -0.2) is 0 Å². The molecule has 0 saturated heterocycles. The van der Waals surface area contributed by atoms with Gasteiger partial charge in [-0.3, -0.25) is 4.21 Å². The first-order valence-electron chi connectivity index (χ1n) is 4.01. The summed E-state index contributed by atoms with van der Waals surface area (Å²) >= 11 is 0. The molecule has 0 aliphatic heterocycles. The summed E-state index contributed by atoms with van der Waals surface area (Å²) in [5.74, 6) is 1.18. The molecule has 0 amide bonds. The van der Waals surface area contributed by atoms with Crippen LogP contribution in [-0.4, -0.2) is 17.1 Å². The Balaban J connectivity index is 3.13. The van der Waals surface area contributed by atoms with Gasteiger partial charge in [0.05, 0.1) is 22.8 Å². The van der Waals surface area contributed by atoms with Crippen molar-refractivity contribution in [2.45, 2.75) is 11.8 Å². The Morgan fingerprint density at radius 1 is 1.54 bits per heavy atom. The van der Waals surface area contributed by atoms with E-state index in [0.717, 1.165) is 0 Å². The molecule has 1 rings (SSSR count). The van der Waals surface area contributed by atoms with Crippen LogP contribution in [0.25, 0.3) is 0 Å². The molecule has 72 valence electrons. The van der Waals surface area contributed by atoms with Crippen LogP contribution in [0.4, 0.5) is 5.69 Å². The third-order valence-electron chi connectivity index (χ3n) is 1.70. The lowest BCUT2D eigenvalue weighted by Crippen LogP contribution is -1.99. The molecule has 0 heterocycles. The van der Waals surface area contributed by atoms with Crippen molar-refractivity contribution in [2.75, 3.05) is 18.6 Å². The quantitative estimate of drug-likeness (QED) is 0.749. The molecule has 0 aromatic heterocycles. The van der Waals surface area contributed by atoms with E-state index in [2.05, 4.69) is 0 Å². The fourth-order valence-electron chi connectivity index (χ4n) is 1.03. The van der Waals surface area contributed by atoms with Gasteiger partial charge in [0.1, 0.15) is 5.75 Å². The highest BCUT2D eigenvalue weighted by Crippen LogP contribution is 2.24. The molecule has 0 fully saturated rings. The zero-order chi connectivity index (χ0) is 9.84. The molecule has 0 aliphatic carbocycles. The monoisotopic (exact) mass is 199 g/mol. The number of nitrogen functional groups attached to an aromatic ring is 1. The van der Waals surface area contributed by atoms with E-state index >= 15 is 0 Å². The normalized spacial score (nSPS) is 12.5. The minimum absolute atomic E-state index is 0.584. The number of anilines is 1. The first kappa shape index (κ1) is 10.1. The van der Waals surface area contributed by atoms with Gasteiger partial charge in [0, 0.05) is 17.5 Å². The maximum Gasteiger partial charge on any atom is 0.137 e. The van der Waals surface area contributed by atoms with E-state index in [1.807, 2.05) is 6.92 Å². The second kappa shape index (κ2) is 4.28. The van der Waals surface area contributed by atoms with Crippen LogP contribution in [-0.2, 0) is 10.8 Å². The van der Waals surface area contributed by atoms with Crippen molar-refractivity contribution in [1.82, 2.24) is 0 Å². The number of nitrogens with two attached hydrogens (primary N) is 1. The fraction of sp³-hybridized carbons (Fsp3) is 0.333. The lowest BCUT2D eigenvalue weighted by atomic mass is 10.3. The number of methoxy groups -OCH3 is 1. The highest BCUT2D eigenvalue weighted by molar-refractivity contribution is 7.85. The van der Waals surface area contributed by atoms with Gasteiger partial charge in [-0.05, 0) is 12.1 Å². The van der Waals surface area contributed by atoms with Gasteiger partial charge >= 0.3 is 0 Å². The minimum atomic E-state index is -0.991. The van der Waals surface area contributed by atoms with E-state index in [1.54, 1.807) is 25.3 Å². The van der Waals surface area contributed by atoms with Gasteiger partial charge in [0.15, 0.2) is 0 Å². The van der Waals surface area contributed by atoms with Crippen LogP contribution in [0.1, 0.15) is 6.92 Å². The van der Waals surface area contributed by atoms with Crippen molar-refractivity contribution < 1.29 is 8.95 Å². The van der Waals surface area contributed by atoms with E-state index in [0.29, 0.717) is 22.1 Å². The minimum Gasteiger partial charge on any atom is -0.495 e. The molecular weight excluding hydrogens is 186 g/mol. The Kier molecular flexibility index (Phi) is 3.31. The summed E-state index contributed by atoms with van der Waals surface area (Å²) < 4.78 is 16.6. The summed E-state index contributed by atoms with van der Waals surface area (Å²) in [5.41, 5.74) is 6.18. The lowest BCUT2D eigenvalue weighted by molar-refractivity contribution is 0.404. The Labute approximate surface area is 80.4 Å².